The molecule has 3 nitrogen and oxygen atoms in total. The number of fused-ring (bicyclic) bond motifs is 8. The lowest BCUT2D eigenvalue weighted by atomic mass is 9.66. The van der Waals surface area contributed by atoms with Gasteiger partial charge in [0, 0.05) is 72.2 Å². The highest BCUT2D eigenvalue weighted by Gasteiger charge is 2.39. The highest BCUT2D eigenvalue weighted by Crippen LogP contribution is 2.56. The van der Waals surface area contributed by atoms with E-state index in [2.05, 4.69) is 358 Å². The number of nitrogens with zero attached hydrogens (tertiary/aromatic N) is 3. The van der Waals surface area contributed by atoms with Gasteiger partial charge in [0.05, 0.1) is 11.4 Å². The van der Waals surface area contributed by atoms with E-state index in [9.17, 15) is 0 Å². The Morgan fingerprint density at radius 1 is 0.333 bits per heavy atom. The van der Waals surface area contributed by atoms with Crippen LogP contribution >= 0.6 is 0 Å². The average molecular weight is 1120 g/mol. The van der Waals surface area contributed by atoms with Crippen LogP contribution in [0.4, 0.5) is 51.2 Å². The molecule has 0 saturated carbocycles. The van der Waals surface area contributed by atoms with Crippen LogP contribution in [0.2, 0.25) is 0 Å². The van der Waals surface area contributed by atoms with E-state index in [-0.39, 0.29) is 16.7 Å². The van der Waals surface area contributed by atoms with Crippen LogP contribution in [-0.2, 0) is 17.3 Å². The number of hydrogen-bond acceptors (Lipinski definition) is 3. The minimum absolute atomic E-state index is 0.0784. The van der Waals surface area contributed by atoms with Crippen molar-refractivity contribution in [3.8, 4) is 11.1 Å². The van der Waals surface area contributed by atoms with E-state index in [1.165, 1.54) is 60.5 Å². The smallest absolute Gasteiger partial charge is 0.0620 e. The van der Waals surface area contributed by atoms with Gasteiger partial charge in [0.15, 0.2) is 0 Å². The molecular formula is C84H67N3. The molecule has 0 heterocycles. The van der Waals surface area contributed by atoms with Gasteiger partial charge in [-0.05, 0) is 164 Å². The molecule has 87 heavy (non-hydrogen) atoms. The summed E-state index contributed by atoms with van der Waals surface area (Å²) in [6.07, 6.45) is 0.860. The molecule has 0 fully saturated rings. The Labute approximate surface area is 511 Å². The summed E-state index contributed by atoms with van der Waals surface area (Å²) in [7, 11) is 0. The van der Waals surface area contributed by atoms with Crippen LogP contribution < -0.4 is 14.7 Å². The lowest BCUT2D eigenvalue weighted by Gasteiger charge is -2.38. The summed E-state index contributed by atoms with van der Waals surface area (Å²) in [5, 5.41) is 9.66. The van der Waals surface area contributed by atoms with Crippen molar-refractivity contribution in [3.05, 3.63) is 343 Å². The second-order valence-electron chi connectivity index (χ2n) is 24.3. The van der Waals surface area contributed by atoms with Crippen molar-refractivity contribution >= 4 is 94.3 Å². The van der Waals surface area contributed by atoms with Crippen LogP contribution in [-0.4, -0.2) is 0 Å². The first-order valence-electron chi connectivity index (χ1n) is 30.6. The zero-order valence-electron chi connectivity index (χ0n) is 49.6. The quantitative estimate of drug-likeness (QED) is 0.0794. The molecule has 1 aliphatic rings. The summed E-state index contributed by atoms with van der Waals surface area (Å²) in [6, 6.07) is 117. The van der Waals surface area contributed by atoms with E-state index in [4.69, 9.17) is 0 Å². The van der Waals surface area contributed by atoms with E-state index in [1.807, 2.05) is 0 Å². The minimum atomic E-state index is -0.297. The highest BCUT2D eigenvalue weighted by atomic mass is 15.2. The van der Waals surface area contributed by atoms with Crippen LogP contribution in [0.3, 0.4) is 0 Å². The molecule has 14 aromatic carbocycles. The number of anilines is 9. The van der Waals surface area contributed by atoms with Gasteiger partial charge in [0.2, 0.25) is 0 Å². The maximum absolute atomic E-state index is 2.55. The van der Waals surface area contributed by atoms with Gasteiger partial charge in [-0.15, -0.1) is 0 Å². The Balaban J connectivity index is 1.02. The largest absolute Gasteiger partial charge is 0.310 e. The number of benzene rings is 14. The fraction of sp³-hybridized carbons (Fsp3) is 0.0952. The summed E-state index contributed by atoms with van der Waals surface area (Å²) < 4.78 is 0. The second-order valence-corrected chi connectivity index (χ2v) is 24.3. The minimum Gasteiger partial charge on any atom is -0.310 e. The molecule has 0 saturated heterocycles. The van der Waals surface area contributed by atoms with Crippen LogP contribution in [0.1, 0.15) is 61.4 Å². The maximum atomic E-state index is 2.55. The molecule has 0 radical (unpaired) electrons. The van der Waals surface area contributed by atoms with E-state index in [0.29, 0.717) is 0 Å². The molecule has 2 atom stereocenters. The van der Waals surface area contributed by atoms with Crippen LogP contribution in [0.15, 0.2) is 315 Å². The summed E-state index contributed by atoms with van der Waals surface area (Å²) in [6.45, 7) is 9.74. The normalized spacial score (nSPS) is 13.5. The first kappa shape index (κ1) is 53.3. The highest BCUT2D eigenvalue weighted by molar-refractivity contribution is 6.24. The maximum Gasteiger partial charge on any atom is 0.0620 e. The summed E-state index contributed by atoms with van der Waals surface area (Å²) in [5.41, 5.74) is 18.5. The van der Waals surface area contributed by atoms with E-state index in [0.717, 1.165) is 79.2 Å². The standard InChI is InChI=1S/C84H67N3/c1-58(84(4,64-30-11-5-12-31-64)57-59-43-44-60-27-23-24-29-63(60)53-59)62-46-50-75-77(54-62)81(86(66-34-15-7-16-35-66)67-36-17-8-18-37-67)76-52-48-70(55-78(76)82(75)87(68-38-19-9-20-39-68)69-40-21-10-22-41-69)85(65-32-13-6-14-33-65)71-47-51-73-74-49-45-61-28-25-26-42-72(61)80(74)83(2,3)79(73)56-71/h5-56,58H,57H2,1-4H3/t58-,84-/m0/s1. The second kappa shape index (κ2) is 21.9. The average Bonchev–Trinajstić information content (AvgIpc) is 1.86. The van der Waals surface area contributed by atoms with E-state index in [1.54, 1.807) is 0 Å². The molecule has 418 valence electrons. The Hall–Kier alpha value is -10.5. The molecule has 0 N–H and O–H groups in total. The van der Waals surface area contributed by atoms with Gasteiger partial charge < -0.3 is 14.7 Å². The SMILES string of the molecule is C[C@@H](c1ccc2c(N(c3ccccc3)c3ccccc3)c3cc(N(c4ccccc4)c4ccc5c(c4)C(C)(C)c4c-5ccc5ccccc45)ccc3c(N(c3ccccc3)c3ccccc3)c2c1)[C@](C)(Cc1ccc2ccccc2c1)c1ccccc1. The van der Waals surface area contributed by atoms with Gasteiger partial charge in [0.25, 0.3) is 0 Å². The van der Waals surface area contributed by atoms with Crippen molar-refractivity contribution in [3.63, 3.8) is 0 Å². The topological polar surface area (TPSA) is 9.72 Å². The van der Waals surface area contributed by atoms with Gasteiger partial charge in [0.1, 0.15) is 0 Å². The fourth-order valence-corrected chi connectivity index (χ4v) is 14.4. The Bertz CT molecular complexity index is 4750. The molecule has 1 aliphatic carbocycles. The molecule has 0 spiro atoms. The van der Waals surface area contributed by atoms with Crippen LogP contribution in [0.25, 0.3) is 54.2 Å². The molecule has 0 bridgehead atoms. The monoisotopic (exact) mass is 1120 g/mol. The van der Waals surface area contributed by atoms with Gasteiger partial charge in [-0.1, -0.05) is 252 Å². The third kappa shape index (κ3) is 9.30. The first-order valence-corrected chi connectivity index (χ1v) is 30.6. The van der Waals surface area contributed by atoms with Crippen molar-refractivity contribution in [1.82, 2.24) is 0 Å². The van der Waals surface area contributed by atoms with Gasteiger partial charge in [-0.3, -0.25) is 0 Å². The Morgan fingerprint density at radius 3 is 1.34 bits per heavy atom. The number of rotatable bonds is 14. The lowest BCUT2D eigenvalue weighted by molar-refractivity contribution is 0.392. The van der Waals surface area contributed by atoms with E-state index < -0.39 is 0 Å². The van der Waals surface area contributed by atoms with E-state index >= 15 is 0 Å². The van der Waals surface area contributed by atoms with Crippen molar-refractivity contribution in [2.45, 2.75) is 50.9 Å². The third-order valence-electron chi connectivity index (χ3n) is 18.9. The molecule has 0 aromatic heterocycles. The molecule has 0 amide bonds. The fourth-order valence-electron chi connectivity index (χ4n) is 14.4. The Morgan fingerprint density at radius 2 is 0.770 bits per heavy atom. The number of hydrogen-bond donors (Lipinski definition) is 0. The van der Waals surface area contributed by atoms with Crippen molar-refractivity contribution in [1.29, 1.82) is 0 Å². The lowest BCUT2D eigenvalue weighted by Crippen LogP contribution is -2.31. The Kier molecular flexibility index (Phi) is 13.4. The summed E-state index contributed by atoms with van der Waals surface area (Å²) >= 11 is 0. The zero-order chi connectivity index (χ0) is 58.6. The summed E-state index contributed by atoms with van der Waals surface area (Å²) in [4.78, 5) is 7.47. The third-order valence-corrected chi connectivity index (χ3v) is 18.9. The molecule has 14 aromatic rings. The number of para-hydroxylation sites is 5. The van der Waals surface area contributed by atoms with Gasteiger partial charge >= 0.3 is 0 Å². The van der Waals surface area contributed by atoms with Crippen molar-refractivity contribution in [2.24, 2.45) is 0 Å². The zero-order valence-corrected chi connectivity index (χ0v) is 49.6. The molecule has 3 heteroatoms. The predicted molar refractivity (Wildman–Crippen MR) is 370 cm³/mol. The van der Waals surface area contributed by atoms with Gasteiger partial charge in [-0.25, -0.2) is 0 Å². The van der Waals surface area contributed by atoms with Gasteiger partial charge in [-0.2, -0.15) is 0 Å². The van der Waals surface area contributed by atoms with Crippen molar-refractivity contribution in [2.75, 3.05) is 14.7 Å². The molecule has 0 unspecified atom stereocenters. The van der Waals surface area contributed by atoms with Crippen molar-refractivity contribution < 1.29 is 0 Å². The first-order chi connectivity index (χ1) is 42.7. The predicted octanol–water partition coefficient (Wildman–Crippen LogP) is 23.3. The molecule has 15 rings (SSSR count). The molecular weight excluding hydrogens is 1050 g/mol. The van der Waals surface area contributed by atoms with Crippen LogP contribution in [0, 0.1) is 0 Å². The summed E-state index contributed by atoms with van der Waals surface area (Å²) in [5.74, 6) is 0.0784. The van der Waals surface area contributed by atoms with Crippen LogP contribution in [0.5, 0.6) is 0 Å². The molecule has 0 aliphatic heterocycles.